The Bertz CT molecular complexity index is 267. The van der Waals surface area contributed by atoms with E-state index in [0.717, 1.165) is 57.8 Å². The Morgan fingerprint density at radius 3 is 3.06 bits per heavy atom. The molecule has 1 heterocycles. The Balaban J connectivity index is 1.87. The Morgan fingerprint density at radius 1 is 1.41 bits per heavy atom. The van der Waals surface area contributed by atoms with Gasteiger partial charge in [-0.05, 0) is 32.1 Å². The van der Waals surface area contributed by atoms with Crippen molar-refractivity contribution in [3.05, 3.63) is 0 Å². The molecule has 1 saturated heterocycles. The Hall–Kier alpha value is -0.410. The van der Waals surface area contributed by atoms with E-state index in [1.165, 1.54) is 0 Å². The van der Waals surface area contributed by atoms with Gasteiger partial charge in [-0.2, -0.15) is 0 Å². The third kappa shape index (κ3) is 3.78. The predicted molar refractivity (Wildman–Crippen MR) is 68.0 cm³/mol. The molecule has 0 aromatic heterocycles. The summed E-state index contributed by atoms with van der Waals surface area (Å²) in [6, 6.07) is 0. The second-order valence-electron chi connectivity index (χ2n) is 5.84. The van der Waals surface area contributed by atoms with Crippen molar-refractivity contribution in [2.45, 2.75) is 45.6 Å². The van der Waals surface area contributed by atoms with Crippen LogP contribution in [-0.2, 0) is 9.53 Å². The molecule has 17 heavy (non-hydrogen) atoms. The van der Waals surface area contributed by atoms with Gasteiger partial charge >= 0.3 is 0 Å². The number of carbonyl (C=O) groups is 1. The first-order valence-electron chi connectivity index (χ1n) is 7.02. The lowest BCUT2D eigenvalue weighted by atomic mass is 9.81. The molecule has 0 aromatic carbocycles. The van der Waals surface area contributed by atoms with Crippen LogP contribution < -0.4 is 0 Å². The van der Waals surface area contributed by atoms with Gasteiger partial charge in [-0.25, -0.2) is 0 Å². The highest BCUT2D eigenvalue weighted by molar-refractivity contribution is 5.81. The van der Waals surface area contributed by atoms with Crippen molar-refractivity contribution in [1.82, 2.24) is 4.90 Å². The van der Waals surface area contributed by atoms with E-state index in [1.54, 1.807) is 0 Å². The molecule has 0 spiro atoms. The fourth-order valence-electron chi connectivity index (χ4n) is 3.06. The Labute approximate surface area is 105 Å². The number of rotatable bonds is 2. The van der Waals surface area contributed by atoms with Gasteiger partial charge < -0.3 is 4.74 Å². The van der Waals surface area contributed by atoms with Crippen LogP contribution in [0.3, 0.4) is 0 Å². The van der Waals surface area contributed by atoms with Crippen LogP contribution in [0, 0.1) is 11.8 Å². The van der Waals surface area contributed by atoms with Crippen LogP contribution in [0.1, 0.15) is 39.5 Å². The van der Waals surface area contributed by atoms with Gasteiger partial charge in [0.05, 0.1) is 6.10 Å². The van der Waals surface area contributed by atoms with Gasteiger partial charge in [0.2, 0.25) is 0 Å². The standard InChI is InChI=1S/C14H25NO2/c1-11-4-5-14(16)13(8-11)10-15-6-3-7-17-12(2)9-15/h11-13H,3-10H2,1-2H3. The lowest BCUT2D eigenvalue weighted by Gasteiger charge is -2.31. The molecule has 2 fully saturated rings. The predicted octanol–water partition coefficient (Wildman–Crippen LogP) is 2.10. The van der Waals surface area contributed by atoms with E-state index in [9.17, 15) is 4.79 Å². The molecular weight excluding hydrogens is 214 g/mol. The van der Waals surface area contributed by atoms with E-state index >= 15 is 0 Å². The highest BCUT2D eigenvalue weighted by atomic mass is 16.5. The van der Waals surface area contributed by atoms with Crippen molar-refractivity contribution in [2.75, 3.05) is 26.2 Å². The summed E-state index contributed by atoms with van der Waals surface area (Å²) in [6.45, 7) is 8.29. The van der Waals surface area contributed by atoms with Gasteiger partial charge in [-0.3, -0.25) is 9.69 Å². The Kier molecular flexibility index (Phi) is 4.57. The maximum absolute atomic E-state index is 11.9. The lowest BCUT2D eigenvalue weighted by molar-refractivity contribution is -0.126. The molecule has 3 nitrogen and oxygen atoms in total. The minimum atomic E-state index is 0.282. The van der Waals surface area contributed by atoms with Gasteiger partial charge in [0, 0.05) is 38.6 Å². The zero-order valence-corrected chi connectivity index (χ0v) is 11.2. The maximum Gasteiger partial charge on any atom is 0.137 e. The minimum absolute atomic E-state index is 0.282. The summed E-state index contributed by atoms with van der Waals surface area (Å²) in [4.78, 5) is 14.4. The van der Waals surface area contributed by atoms with Gasteiger partial charge in [0.1, 0.15) is 5.78 Å². The lowest BCUT2D eigenvalue weighted by Crippen LogP contribution is -2.39. The molecule has 2 rings (SSSR count). The molecule has 0 bridgehead atoms. The van der Waals surface area contributed by atoms with Crippen LogP contribution in [0.25, 0.3) is 0 Å². The Morgan fingerprint density at radius 2 is 2.24 bits per heavy atom. The summed E-state index contributed by atoms with van der Waals surface area (Å²) in [5, 5.41) is 0. The average molecular weight is 239 g/mol. The molecule has 0 amide bonds. The summed E-state index contributed by atoms with van der Waals surface area (Å²) in [7, 11) is 0. The molecule has 0 N–H and O–H groups in total. The first-order chi connectivity index (χ1) is 8.15. The average Bonchev–Trinajstić information content (AvgIpc) is 2.48. The van der Waals surface area contributed by atoms with Crippen molar-refractivity contribution in [3.8, 4) is 0 Å². The van der Waals surface area contributed by atoms with Gasteiger partial charge in [-0.1, -0.05) is 6.92 Å². The molecule has 3 atom stereocenters. The fraction of sp³-hybridized carbons (Fsp3) is 0.929. The number of hydrogen-bond donors (Lipinski definition) is 0. The van der Waals surface area contributed by atoms with Gasteiger partial charge in [0.15, 0.2) is 0 Å². The summed E-state index contributed by atoms with van der Waals surface area (Å²) in [6.07, 6.45) is 4.39. The fourth-order valence-corrected chi connectivity index (χ4v) is 3.06. The monoisotopic (exact) mass is 239 g/mol. The molecule has 2 aliphatic rings. The third-order valence-electron chi connectivity index (χ3n) is 4.04. The minimum Gasteiger partial charge on any atom is -0.377 e. The van der Waals surface area contributed by atoms with Crippen LogP contribution in [0.15, 0.2) is 0 Å². The van der Waals surface area contributed by atoms with Crippen LogP contribution in [-0.4, -0.2) is 43.0 Å². The van der Waals surface area contributed by atoms with Crippen LogP contribution >= 0.6 is 0 Å². The molecule has 0 radical (unpaired) electrons. The van der Waals surface area contributed by atoms with E-state index in [2.05, 4.69) is 18.7 Å². The summed E-state index contributed by atoms with van der Waals surface area (Å²) in [5.74, 6) is 1.49. The van der Waals surface area contributed by atoms with Crippen molar-refractivity contribution < 1.29 is 9.53 Å². The van der Waals surface area contributed by atoms with Gasteiger partial charge in [-0.15, -0.1) is 0 Å². The van der Waals surface area contributed by atoms with Crippen molar-refractivity contribution in [3.63, 3.8) is 0 Å². The zero-order valence-electron chi connectivity index (χ0n) is 11.2. The molecule has 0 aromatic rings. The number of ether oxygens (including phenoxy) is 1. The quantitative estimate of drug-likeness (QED) is 0.739. The molecule has 3 heteroatoms. The molecule has 1 aliphatic heterocycles. The molecular formula is C14H25NO2. The highest BCUT2D eigenvalue weighted by Crippen LogP contribution is 2.27. The maximum atomic E-state index is 11.9. The zero-order chi connectivity index (χ0) is 12.3. The molecule has 1 saturated carbocycles. The van der Waals surface area contributed by atoms with E-state index in [0.29, 0.717) is 11.9 Å². The first kappa shape index (κ1) is 13.0. The SMILES string of the molecule is CC1CCC(=O)C(CN2CCCOC(C)C2)C1. The number of hydrogen-bond acceptors (Lipinski definition) is 3. The van der Waals surface area contributed by atoms with Crippen molar-refractivity contribution in [2.24, 2.45) is 11.8 Å². The largest absolute Gasteiger partial charge is 0.377 e. The summed E-state index contributed by atoms with van der Waals surface area (Å²) < 4.78 is 5.64. The second kappa shape index (κ2) is 5.96. The molecule has 3 unspecified atom stereocenters. The normalized spacial score (nSPS) is 36.8. The van der Waals surface area contributed by atoms with Crippen molar-refractivity contribution >= 4 is 5.78 Å². The van der Waals surface area contributed by atoms with Crippen LogP contribution in [0.4, 0.5) is 0 Å². The third-order valence-corrected chi connectivity index (χ3v) is 4.04. The number of Topliss-reactive ketones (excluding diaryl/α,β-unsaturated/α-hetero) is 1. The van der Waals surface area contributed by atoms with E-state index in [1.807, 2.05) is 0 Å². The van der Waals surface area contributed by atoms with E-state index < -0.39 is 0 Å². The summed E-state index contributed by atoms with van der Waals surface area (Å²) in [5.41, 5.74) is 0. The van der Waals surface area contributed by atoms with Crippen LogP contribution in [0.5, 0.6) is 0 Å². The topological polar surface area (TPSA) is 29.5 Å². The summed E-state index contributed by atoms with van der Waals surface area (Å²) >= 11 is 0. The van der Waals surface area contributed by atoms with Crippen LogP contribution in [0.2, 0.25) is 0 Å². The highest BCUT2D eigenvalue weighted by Gasteiger charge is 2.28. The number of carbonyl (C=O) groups excluding carboxylic acids is 1. The van der Waals surface area contributed by atoms with E-state index in [4.69, 9.17) is 4.74 Å². The number of ketones is 1. The van der Waals surface area contributed by atoms with E-state index in [-0.39, 0.29) is 5.92 Å². The molecule has 1 aliphatic carbocycles. The van der Waals surface area contributed by atoms with Crippen molar-refractivity contribution in [1.29, 1.82) is 0 Å². The second-order valence-corrected chi connectivity index (χ2v) is 5.84. The smallest absolute Gasteiger partial charge is 0.137 e. The van der Waals surface area contributed by atoms with Gasteiger partial charge in [0.25, 0.3) is 0 Å². The number of nitrogens with zero attached hydrogens (tertiary/aromatic N) is 1. The molecule has 98 valence electrons. The first-order valence-corrected chi connectivity index (χ1v) is 7.02.